The van der Waals surface area contributed by atoms with Crippen LogP contribution in [-0.4, -0.2) is 23.5 Å². The third-order valence-electron chi connectivity index (χ3n) is 2.36. The zero-order chi connectivity index (χ0) is 10.1. The molecule has 2 rings (SSSR count). The van der Waals surface area contributed by atoms with Crippen molar-refractivity contribution >= 4 is 23.7 Å². The minimum absolute atomic E-state index is 0.125. The third-order valence-corrected chi connectivity index (χ3v) is 3.28. The van der Waals surface area contributed by atoms with E-state index >= 15 is 0 Å². The van der Waals surface area contributed by atoms with E-state index < -0.39 is 5.97 Å². The van der Waals surface area contributed by atoms with Crippen molar-refractivity contribution in [3.05, 3.63) is 21.9 Å². The highest BCUT2D eigenvalue weighted by molar-refractivity contribution is 7.12. The summed E-state index contributed by atoms with van der Waals surface area (Å²) in [5.74, 6) is -0.690. The number of nitrogens with one attached hydrogen (secondary N) is 1. The molecule has 0 saturated heterocycles. The third kappa shape index (κ3) is 1.50. The van der Waals surface area contributed by atoms with Crippen molar-refractivity contribution < 1.29 is 14.7 Å². The Labute approximate surface area is 84.6 Å². The molecule has 14 heavy (non-hydrogen) atoms. The highest BCUT2D eigenvalue weighted by Gasteiger charge is 2.40. The van der Waals surface area contributed by atoms with Crippen molar-refractivity contribution in [2.24, 2.45) is 0 Å². The molecule has 5 heteroatoms. The van der Waals surface area contributed by atoms with E-state index in [-0.39, 0.29) is 12.0 Å². The number of carbonyl (C=O) groups excluding carboxylic acids is 1. The molecule has 1 aromatic heterocycles. The summed E-state index contributed by atoms with van der Waals surface area (Å²) in [7, 11) is 0. The molecule has 2 atom stereocenters. The van der Waals surface area contributed by atoms with Crippen LogP contribution in [0.2, 0.25) is 0 Å². The Bertz CT molecular complexity index is 374. The van der Waals surface area contributed by atoms with E-state index in [0.29, 0.717) is 11.3 Å². The molecule has 2 unspecified atom stereocenters. The van der Waals surface area contributed by atoms with Crippen molar-refractivity contribution in [2.45, 2.75) is 18.4 Å². The lowest BCUT2D eigenvalue weighted by molar-refractivity contribution is -0.109. The van der Waals surface area contributed by atoms with E-state index in [0.717, 1.165) is 12.0 Å². The first-order valence-electron chi connectivity index (χ1n) is 4.24. The molecule has 1 aromatic rings. The molecule has 2 N–H and O–H groups in total. The van der Waals surface area contributed by atoms with Crippen molar-refractivity contribution in [2.75, 3.05) is 0 Å². The fourth-order valence-electron chi connectivity index (χ4n) is 1.60. The molecule has 1 aliphatic rings. The van der Waals surface area contributed by atoms with Gasteiger partial charge >= 0.3 is 5.97 Å². The summed E-state index contributed by atoms with van der Waals surface area (Å²) in [4.78, 5) is 21.4. The second kappa shape index (κ2) is 3.42. The maximum absolute atomic E-state index is 10.8. The summed E-state index contributed by atoms with van der Waals surface area (Å²) >= 11 is 1.23. The van der Waals surface area contributed by atoms with Gasteiger partial charge in [0.05, 0.1) is 0 Å². The molecular formula is C9H9NO3S. The van der Waals surface area contributed by atoms with Crippen LogP contribution in [0.1, 0.15) is 27.6 Å². The second-order valence-corrected chi connectivity index (χ2v) is 4.16. The van der Waals surface area contributed by atoms with Crippen LogP contribution in [0.4, 0.5) is 0 Å². The monoisotopic (exact) mass is 211 g/mol. The van der Waals surface area contributed by atoms with E-state index in [1.165, 1.54) is 11.3 Å². The van der Waals surface area contributed by atoms with Gasteiger partial charge in [0, 0.05) is 12.0 Å². The number of amides is 1. The van der Waals surface area contributed by atoms with Gasteiger partial charge in [0.2, 0.25) is 6.41 Å². The van der Waals surface area contributed by atoms with Gasteiger partial charge in [-0.15, -0.1) is 11.3 Å². The van der Waals surface area contributed by atoms with E-state index in [4.69, 9.17) is 5.11 Å². The minimum atomic E-state index is -0.883. The molecule has 1 aliphatic carbocycles. The van der Waals surface area contributed by atoms with E-state index in [1.807, 2.05) is 6.07 Å². The van der Waals surface area contributed by atoms with E-state index in [1.54, 1.807) is 5.38 Å². The van der Waals surface area contributed by atoms with Crippen molar-refractivity contribution in [3.63, 3.8) is 0 Å². The van der Waals surface area contributed by atoms with Gasteiger partial charge in [-0.2, -0.15) is 0 Å². The quantitative estimate of drug-likeness (QED) is 0.731. The number of carbonyl (C=O) groups is 2. The molecule has 1 fully saturated rings. The first-order valence-corrected chi connectivity index (χ1v) is 5.12. The molecule has 1 saturated carbocycles. The average molecular weight is 211 g/mol. The van der Waals surface area contributed by atoms with Crippen molar-refractivity contribution in [1.82, 2.24) is 5.32 Å². The molecule has 0 aliphatic heterocycles. The first kappa shape index (κ1) is 9.21. The Morgan fingerprint density at radius 1 is 1.71 bits per heavy atom. The number of aromatic carboxylic acids is 1. The van der Waals surface area contributed by atoms with Gasteiger partial charge in [0.15, 0.2) is 0 Å². The molecule has 74 valence electrons. The van der Waals surface area contributed by atoms with Gasteiger partial charge in [-0.05, 0) is 23.4 Å². The lowest BCUT2D eigenvalue weighted by atomic mass is 10.1. The number of rotatable bonds is 4. The summed E-state index contributed by atoms with van der Waals surface area (Å²) in [6.07, 6.45) is 1.51. The van der Waals surface area contributed by atoms with Crippen LogP contribution in [-0.2, 0) is 4.79 Å². The maximum Gasteiger partial charge on any atom is 0.346 e. The predicted octanol–water partition coefficient (Wildman–Crippen LogP) is 1.05. The Kier molecular flexibility index (Phi) is 2.25. The smallest absolute Gasteiger partial charge is 0.346 e. The van der Waals surface area contributed by atoms with Crippen LogP contribution in [0.3, 0.4) is 0 Å². The number of carboxylic acids is 1. The van der Waals surface area contributed by atoms with Crippen LogP contribution < -0.4 is 5.32 Å². The minimum Gasteiger partial charge on any atom is -0.477 e. The summed E-state index contributed by atoms with van der Waals surface area (Å²) in [6, 6.07) is 1.95. The Balaban J connectivity index is 2.14. The summed E-state index contributed by atoms with van der Waals surface area (Å²) in [6.45, 7) is 0. The van der Waals surface area contributed by atoms with Gasteiger partial charge in [-0.3, -0.25) is 4.79 Å². The Morgan fingerprint density at radius 2 is 2.50 bits per heavy atom. The number of thiophene rings is 1. The first-order chi connectivity index (χ1) is 6.74. The largest absolute Gasteiger partial charge is 0.477 e. The van der Waals surface area contributed by atoms with Crippen LogP contribution >= 0.6 is 11.3 Å². The normalized spacial score (nSPS) is 24.3. The fourth-order valence-corrected chi connectivity index (χ4v) is 2.40. The predicted molar refractivity (Wildman–Crippen MR) is 51.6 cm³/mol. The van der Waals surface area contributed by atoms with Crippen molar-refractivity contribution in [3.8, 4) is 0 Å². The molecule has 4 nitrogen and oxygen atoms in total. The highest BCUT2D eigenvalue weighted by Crippen LogP contribution is 2.43. The summed E-state index contributed by atoms with van der Waals surface area (Å²) in [5.41, 5.74) is 0.849. The zero-order valence-corrected chi connectivity index (χ0v) is 8.08. The van der Waals surface area contributed by atoms with Crippen LogP contribution in [0.15, 0.2) is 11.4 Å². The number of hydrogen-bond donors (Lipinski definition) is 2. The van der Waals surface area contributed by atoms with E-state index in [9.17, 15) is 9.59 Å². The lowest BCUT2D eigenvalue weighted by Crippen LogP contribution is -2.15. The molecular weight excluding hydrogens is 202 g/mol. The standard InChI is InChI=1S/C9H9NO3S/c11-4-10-7-3-6(7)5-1-2-14-8(5)9(12)13/h1-2,4,6-7H,3H2,(H,10,11)(H,12,13). The van der Waals surface area contributed by atoms with Crippen LogP contribution in [0.5, 0.6) is 0 Å². The molecule has 0 aromatic carbocycles. The zero-order valence-electron chi connectivity index (χ0n) is 7.27. The fraction of sp³-hybridized carbons (Fsp3) is 0.333. The van der Waals surface area contributed by atoms with Gasteiger partial charge in [-0.1, -0.05) is 0 Å². The highest BCUT2D eigenvalue weighted by atomic mass is 32.1. The average Bonchev–Trinajstić information content (AvgIpc) is 2.74. The lowest BCUT2D eigenvalue weighted by Gasteiger charge is -1.97. The van der Waals surface area contributed by atoms with Crippen molar-refractivity contribution in [1.29, 1.82) is 0 Å². The van der Waals surface area contributed by atoms with E-state index in [2.05, 4.69) is 5.32 Å². The van der Waals surface area contributed by atoms with Crippen LogP contribution in [0, 0.1) is 0 Å². The van der Waals surface area contributed by atoms with Crippen LogP contribution in [0.25, 0.3) is 0 Å². The summed E-state index contributed by atoms with van der Waals surface area (Å²) < 4.78 is 0. The molecule has 0 bridgehead atoms. The molecule has 1 amide bonds. The number of hydrogen-bond acceptors (Lipinski definition) is 3. The SMILES string of the molecule is O=CNC1CC1c1ccsc1C(=O)O. The maximum atomic E-state index is 10.8. The second-order valence-electron chi connectivity index (χ2n) is 3.24. The Morgan fingerprint density at radius 3 is 3.14 bits per heavy atom. The Hall–Kier alpha value is -1.36. The van der Waals surface area contributed by atoms with Gasteiger partial charge in [0.1, 0.15) is 4.88 Å². The molecule has 1 heterocycles. The van der Waals surface area contributed by atoms with Gasteiger partial charge in [0.25, 0.3) is 0 Å². The van der Waals surface area contributed by atoms with Gasteiger partial charge < -0.3 is 10.4 Å². The summed E-state index contributed by atoms with van der Waals surface area (Å²) in [5, 5.41) is 13.3. The molecule has 0 spiro atoms. The topological polar surface area (TPSA) is 66.4 Å². The van der Waals surface area contributed by atoms with Gasteiger partial charge in [-0.25, -0.2) is 4.79 Å². The number of carboxylic acid groups (broad SMARTS) is 1. The molecule has 0 radical (unpaired) electrons.